The molecule has 0 aromatic carbocycles. The molecule has 2 rings (SSSR count). The average Bonchev–Trinajstić information content (AvgIpc) is 2.17. The molecule has 0 saturated heterocycles. The molecule has 4 heteroatoms. The number of pyridine rings is 2. The van der Waals surface area contributed by atoms with Gasteiger partial charge in [-0.3, -0.25) is 9.97 Å². The number of fused-ring (bicyclic) bond motifs is 1. The van der Waals surface area contributed by atoms with E-state index in [9.17, 15) is 0 Å². The van der Waals surface area contributed by atoms with E-state index in [1.54, 1.807) is 18.6 Å². The normalized spacial score (nSPS) is 9.62. The summed E-state index contributed by atoms with van der Waals surface area (Å²) in [5.41, 5.74) is 7.49. The summed E-state index contributed by atoms with van der Waals surface area (Å²) < 4.78 is 0. The van der Waals surface area contributed by atoms with Gasteiger partial charge in [0.1, 0.15) is 0 Å². The van der Waals surface area contributed by atoms with Gasteiger partial charge in [0.2, 0.25) is 0 Å². The smallest absolute Gasteiger partial charge is 0.0888 e. The van der Waals surface area contributed by atoms with Crippen LogP contribution >= 0.6 is 12.4 Å². The number of halogens is 1. The zero-order chi connectivity index (χ0) is 8.39. The zero-order valence-corrected chi connectivity index (χ0v) is 7.79. The molecular formula is C9H10ClN3. The minimum atomic E-state index is 0. The molecule has 0 aliphatic heterocycles. The fourth-order valence-corrected chi connectivity index (χ4v) is 1.22. The Bertz CT molecular complexity index is 397. The Morgan fingerprint density at radius 1 is 1.31 bits per heavy atom. The second-order valence-corrected chi connectivity index (χ2v) is 2.57. The van der Waals surface area contributed by atoms with Gasteiger partial charge in [0.15, 0.2) is 0 Å². The number of nitrogens with two attached hydrogens (primary N) is 1. The molecule has 2 N–H and O–H groups in total. The summed E-state index contributed by atoms with van der Waals surface area (Å²) in [5.74, 6) is 0. The lowest BCUT2D eigenvalue weighted by molar-refractivity contribution is 1.06. The Balaban J connectivity index is 0.000000845. The van der Waals surface area contributed by atoms with E-state index in [1.165, 1.54) is 0 Å². The maximum Gasteiger partial charge on any atom is 0.0888 e. The Labute approximate surface area is 82.4 Å². The van der Waals surface area contributed by atoms with Crippen LogP contribution in [-0.4, -0.2) is 9.97 Å². The van der Waals surface area contributed by atoms with E-state index in [0.717, 1.165) is 16.5 Å². The van der Waals surface area contributed by atoms with Gasteiger partial charge in [0.05, 0.1) is 11.7 Å². The van der Waals surface area contributed by atoms with Crippen LogP contribution in [0.2, 0.25) is 0 Å². The summed E-state index contributed by atoms with van der Waals surface area (Å²) in [6.45, 7) is 0.510. The van der Waals surface area contributed by atoms with Crippen LogP contribution in [0.15, 0.2) is 30.7 Å². The molecule has 2 heterocycles. The molecule has 0 atom stereocenters. The predicted molar refractivity (Wildman–Crippen MR) is 54.7 cm³/mol. The van der Waals surface area contributed by atoms with Crippen LogP contribution in [0.3, 0.4) is 0 Å². The van der Waals surface area contributed by atoms with Crippen molar-refractivity contribution in [3.05, 3.63) is 36.3 Å². The monoisotopic (exact) mass is 195 g/mol. The van der Waals surface area contributed by atoms with Crippen molar-refractivity contribution in [2.45, 2.75) is 6.54 Å². The fourth-order valence-electron chi connectivity index (χ4n) is 1.22. The number of hydrogen-bond acceptors (Lipinski definition) is 3. The van der Waals surface area contributed by atoms with Crippen LogP contribution in [-0.2, 0) is 6.54 Å². The van der Waals surface area contributed by atoms with Crippen LogP contribution in [0.25, 0.3) is 10.9 Å². The van der Waals surface area contributed by atoms with Crippen molar-refractivity contribution in [3.63, 3.8) is 0 Å². The van der Waals surface area contributed by atoms with Crippen molar-refractivity contribution in [2.75, 3.05) is 0 Å². The van der Waals surface area contributed by atoms with Gasteiger partial charge in [0.25, 0.3) is 0 Å². The van der Waals surface area contributed by atoms with Crippen LogP contribution in [0.4, 0.5) is 0 Å². The minimum Gasteiger partial charge on any atom is -0.326 e. The first-order valence-corrected chi connectivity index (χ1v) is 3.79. The summed E-state index contributed by atoms with van der Waals surface area (Å²) in [5, 5.41) is 1.09. The molecule has 0 fully saturated rings. The quantitative estimate of drug-likeness (QED) is 0.751. The van der Waals surface area contributed by atoms with E-state index >= 15 is 0 Å². The standard InChI is InChI=1S/C9H9N3.ClH/c10-4-7-5-11-6-9-8(7)2-1-3-12-9;/h1-3,5-6H,4,10H2;1H. The molecule has 0 radical (unpaired) electrons. The van der Waals surface area contributed by atoms with Crippen molar-refractivity contribution in [3.8, 4) is 0 Å². The molecule has 13 heavy (non-hydrogen) atoms. The topological polar surface area (TPSA) is 51.8 Å². The number of hydrogen-bond donors (Lipinski definition) is 1. The fraction of sp³-hybridized carbons (Fsp3) is 0.111. The lowest BCUT2D eigenvalue weighted by Crippen LogP contribution is -1.98. The Morgan fingerprint density at radius 2 is 2.15 bits per heavy atom. The largest absolute Gasteiger partial charge is 0.326 e. The van der Waals surface area contributed by atoms with E-state index < -0.39 is 0 Å². The van der Waals surface area contributed by atoms with Gasteiger partial charge in [-0.15, -0.1) is 12.4 Å². The van der Waals surface area contributed by atoms with Crippen LogP contribution in [0, 0.1) is 0 Å². The summed E-state index contributed by atoms with van der Waals surface area (Å²) in [6.07, 6.45) is 5.28. The van der Waals surface area contributed by atoms with Crippen molar-refractivity contribution in [1.29, 1.82) is 0 Å². The Hall–Kier alpha value is -1.19. The third-order valence-electron chi connectivity index (χ3n) is 1.83. The highest BCUT2D eigenvalue weighted by Crippen LogP contribution is 2.13. The predicted octanol–water partition coefficient (Wildman–Crippen LogP) is 1.51. The maximum atomic E-state index is 5.55. The van der Waals surface area contributed by atoms with Gasteiger partial charge < -0.3 is 5.73 Å². The SMILES string of the molecule is Cl.NCc1cncc2ncccc12. The summed E-state index contributed by atoms with van der Waals surface area (Å²) in [7, 11) is 0. The van der Waals surface area contributed by atoms with Crippen molar-refractivity contribution in [2.24, 2.45) is 5.73 Å². The number of rotatable bonds is 1. The van der Waals surface area contributed by atoms with E-state index in [2.05, 4.69) is 9.97 Å². The number of aromatic nitrogens is 2. The molecule has 2 aromatic rings. The highest BCUT2D eigenvalue weighted by atomic mass is 35.5. The molecule has 0 spiro atoms. The molecule has 3 nitrogen and oxygen atoms in total. The van der Waals surface area contributed by atoms with E-state index in [4.69, 9.17) is 5.73 Å². The molecule has 0 aliphatic carbocycles. The van der Waals surface area contributed by atoms with Crippen LogP contribution in [0.1, 0.15) is 5.56 Å². The molecule has 0 bridgehead atoms. The van der Waals surface area contributed by atoms with Gasteiger partial charge >= 0.3 is 0 Å². The third-order valence-corrected chi connectivity index (χ3v) is 1.83. The molecule has 0 aliphatic rings. The lowest BCUT2D eigenvalue weighted by Gasteiger charge is -2.00. The van der Waals surface area contributed by atoms with Crippen molar-refractivity contribution in [1.82, 2.24) is 9.97 Å². The van der Waals surface area contributed by atoms with Gasteiger partial charge in [-0.1, -0.05) is 6.07 Å². The van der Waals surface area contributed by atoms with Crippen LogP contribution < -0.4 is 5.73 Å². The molecular weight excluding hydrogens is 186 g/mol. The lowest BCUT2D eigenvalue weighted by atomic mass is 10.1. The van der Waals surface area contributed by atoms with Gasteiger partial charge in [-0.05, 0) is 11.6 Å². The molecule has 0 unspecified atom stereocenters. The highest BCUT2D eigenvalue weighted by molar-refractivity contribution is 5.85. The van der Waals surface area contributed by atoms with E-state index in [1.807, 2.05) is 12.1 Å². The molecule has 2 aromatic heterocycles. The summed E-state index contributed by atoms with van der Waals surface area (Å²) >= 11 is 0. The second kappa shape index (κ2) is 4.16. The van der Waals surface area contributed by atoms with Gasteiger partial charge in [-0.2, -0.15) is 0 Å². The first-order valence-electron chi connectivity index (χ1n) is 3.79. The summed E-state index contributed by atoms with van der Waals surface area (Å²) in [6, 6.07) is 3.91. The molecule has 0 saturated carbocycles. The van der Waals surface area contributed by atoms with Gasteiger partial charge in [0, 0.05) is 24.3 Å². The van der Waals surface area contributed by atoms with E-state index in [-0.39, 0.29) is 12.4 Å². The zero-order valence-electron chi connectivity index (χ0n) is 6.97. The van der Waals surface area contributed by atoms with Crippen molar-refractivity contribution < 1.29 is 0 Å². The average molecular weight is 196 g/mol. The third kappa shape index (κ3) is 1.76. The minimum absolute atomic E-state index is 0. The second-order valence-electron chi connectivity index (χ2n) is 2.57. The summed E-state index contributed by atoms with van der Waals surface area (Å²) in [4.78, 5) is 8.21. The van der Waals surface area contributed by atoms with Crippen molar-refractivity contribution >= 4 is 23.3 Å². The number of nitrogens with zero attached hydrogens (tertiary/aromatic N) is 2. The first kappa shape index (κ1) is 9.89. The van der Waals surface area contributed by atoms with E-state index in [0.29, 0.717) is 6.54 Å². The van der Waals surface area contributed by atoms with Crippen LogP contribution in [0.5, 0.6) is 0 Å². The Morgan fingerprint density at radius 3 is 2.92 bits per heavy atom. The maximum absolute atomic E-state index is 5.55. The Kier molecular flexibility index (Phi) is 3.17. The highest BCUT2D eigenvalue weighted by Gasteiger charge is 1.98. The first-order chi connectivity index (χ1) is 5.92. The molecule has 68 valence electrons. The molecule has 0 amide bonds. The van der Waals surface area contributed by atoms with Gasteiger partial charge in [-0.25, -0.2) is 0 Å².